The summed E-state index contributed by atoms with van der Waals surface area (Å²) < 4.78 is 2.05. The fourth-order valence-corrected chi connectivity index (χ4v) is 2.11. The predicted octanol–water partition coefficient (Wildman–Crippen LogP) is 2.64. The molecule has 0 spiro atoms. The monoisotopic (exact) mass is 218 g/mol. The van der Waals surface area contributed by atoms with Gasteiger partial charge in [0, 0.05) is 11.9 Å². The smallest absolute Gasteiger partial charge is 0.0689 e. The number of nitrogens with zero attached hydrogens (tertiary/aromatic N) is 2. The van der Waals surface area contributed by atoms with E-state index in [1.54, 1.807) is 0 Å². The molecule has 0 fully saturated rings. The van der Waals surface area contributed by atoms with Gasteiger partial charge in [-0.25, -0.2) is 0 Å². The van der Waals surface area contributed by atoms with Gasteiger partial charge in [-0.05, 0) is 25.0 Å². The predicted molar refractivity (Wildman–Crippen MR) is 65.3 cm³/mol. The molecule has 0 bridgehead atoms. The normalized spacial score (nSPS) is 11.2. The summed E-state index contributed by atoms with van der Waals surface area (Å²) in [6, 6.07) is 6.02. The third-order valence-electron chi connectivity index (χ3n) is 2.93. The molecule has 3 nitrogen and oxygen atoms in total. The van der Waals surface area contributed by atoms with Gasteiger partial charge in [-0.3, -0.25) is 4.68 Å². The molecule has 1 heterocycles. The first kappa shape index (κ1) is 11.1. The van der Waals surface area contributed by atoms with Crippen molar-refractivity contribution in [2.45, 2.75) is 39.8 Å². The average molecular weight is 218 g/mol. The molecule has 1 aromatic carbocycles. The lowest BCUT2D eigenvalue weighted by molar-refractivity contribution is 0.283. The molecule has 86 valence electrons. The molecule has 0 atom stereocenters. The molecular weight excluding hydrogens is 200 g/mol. The summed E-state index contributed by atoms with van der Waals surface area (Å²) in [5.41, 5.74) is 3.12. The van der Waals surface area contributed by atoms with Gasteiger partial charge in [0.25, 0.3) is 0 Å². The maximum atomic E-state index is 9.31. The minimum absolute atomic E-state index is 0.0810. The van der Waals surface area contributed by atoms with Gasteiger partial charge in [-0.1, -0.05) is 25.5 Å². The Labute approximate surface area is 95.7 Å². The molecule has 1 aromatic heterocycles. The number of aliphatic hydroxyl groups is 1. The minimum atomic E-state index is 0.0810. The fraction of sp³-hybridized carbons (Fsp3) is 0.462. The van der Waals surface area contributed by atoms with E-state index in [0.717, 1.165) is 35.1 Å². The Kier molecular flexibility index (Phi) is 3.25. The van der Waals surface area contributed by atoms with E-state index in [2.05, 4.69) is 18.1 Å². The van der Waals surface area contributed by atoms with E-state index < -0.39 is 0 Å². The quantitative estimate of drug-likeness (QED) is 0.856. The van der Waals surface area contributed by atoms with Crippen LogP contribution in [-0.2, 0) is 13.2 Å². The molecule has 0 amide bonds. The first-order valence-corrected chi connectivity index (χ1v) is 5.83. The van der Waals surface area contributed by atoms with Crippen LogP contribution in [0.3, 0.4) is 0 Å². The summed E-state index contributed by atoms with van der Waals surface area (Å²) in [7, 11) is 0. The van der Waals surface area contributed by atoms with Gasteiger partial charge in [-0.15, -0.1) is 0 Å². The van der Waals surface area contributed by atoms with Crippen LogP contribution < -0.4 is 0 Å². The second-order valence-corrected chi connectivity index (χ2v) is 4.13. The minimum Gasteiger partial charge on any atom is -0.392 e. The first-order chi connectivity index (χ1) is 7.77. The number of aryl methyl sites for hydroxylation is 2. The second kappa shape index (κ2) is 4.66. The molecule has 2 rings (SSSR count). The van der Waals surface area contributed by atoms with Crippen LogP contribution >= 0.6 is 0 Å². The van der Waals surface area contributed by atoms with Crippen LogP contribution in [0.1, 0.15) is 31.0 Å². The number of aliphatic hydroxyl groups excluding tert-OH is 1. The van der Waals surface area contributed by atoms with E-state index in [1.807, 2.05) is 23.7 Å². The van der Waals surface area contributed by atoms with Crippen molar-refractivity contribution in [1.29, 1.82) is 0 Å². The highest BCUT2D eigenvalue weighted by atomic mass is 16.3. The Bertz CT molecular complexity index is 488. The summed E-state index contributed by atoms with van der Waals surface area (Å²) in [6.07, 6.45) is 2.31. The summed E-state index contributed by atoms with van der Waals surface area (Å²) in [6.45, 7) is 5.22. The van der Waals surface area contributed by atoms with Gasteiger partial charge < -0.3 is 5.11 Å². The zero-order valence-corrected chi connectivity index (χ0v) is 9.90. The topological polar surface area (TPSA) is 38.0 Å². The number of unbranched alkanes of at least 4 members (excludes halogenated alkanes) is 1. The Morgan fingerprint density at radius 2 is 2.19 bits per heavy atom. The van der Waals surface area contributed by atoms with Crippen molar-refractivity contribution in [2.75, 3.05) is 0 Å². The van der Waals surface area contributed by atoms with Crippen molar-refractivity contribution >= 4 is 10.9 Å². The van der Waals surface area contributed by atoms with E-state index in [9.17, 15) is 5.11 Å². The standard InChI is InChI=1S/C13H18N2O/c1-3-4-8-15-12-7-5-6-11(9-16)13(12)10(2)14-15/h5-7,16H,3-4,8-9H2,1-2H3. The number of fused-ring (bicyclic) bond motifs is 1. The molecule has 2 aromatic rings. The second-order valence-electron chi connectivity index (χ2n) is 4.13. The molecule has 0 aliphatic rings. The van der Waals surface area contributed by atoms with Gasteiger partial charge in [-0.2, -0.15) is 5.10 Å². The number of benzene rings is 1. The van der Waals surface area contributed by atoms with Crippen molar-refractivity contribution < 1.29 is 5.11 Å². The van der Waals surface area contributed by atoms with Crippen LogP contribution in [0.25, 0.3) is 10.9 Å². The Morgan fingerprint density at radius 1 is 1.38 bits per heavy atom. The molecular formula is C13H18N2O. The number of rotatable bonds is 4. The largest absolute Gasteiger partial charge is 0.392 e. The summed E-state index contributed by atoms with van der Waals surface area (Å²) in [5.74, 6) is 0. The summed E-state index contributed by atoms with van der Waals surface area (Å²) >= 11 is 0. The van der Waals surface area contributed by atoms with Crippen molar-refractivity contribution in [1.82, 2.24) is 9.78 Å². The SMILES string of the molecule is CCCCn1nc(C)c2c(CO)cccc21. The number of hydrogen-bond donors (Lipinski definition) is 1. The zero-order chi connectivity index (χ0) is 11.5. The fourth-order valence-electron chi connectivity index (χ4n) is 2.11. The van der Waals surface area contributed by atoms with Crippen molar-refractivity contribution in [3.8, 4) is 0 Å². The van der Waals surface area contributed by atoms with Crippen LogP contribution in [0.15, 0.2) is 18.2 Å². The van der Waals surface area contributed by atoms with E-state index in [-0.39, 0.29) is 6.61 Å². The van der Waals surface area contributed by atoms with Crippen LogP contribution in [0.5, 0.6) is 0 Å². The van der Waals surface area contributed by atoms with Gasteiger partial charge in [0.1, 0.15) is 0 Å². The Morgan fingerprint density at radius 3 is 2.88 bits per heavy atom. The van der Waals surface area contributed by atoms with E-state index in [0.29, 0.717) is 0 Å². The molecule has 16 heavy (non-hydrogen) atoms. The van der Waals surface area contributed by atoms with Crippen LogP contribution in [-0.4, -0.2) is 14.9 Å². The summed E-state index contributed by atoms with van der Waals surface area (Å²) in [5, 5.41) is 15.0. The lowest BCUT2D eigenvalue weighted by Crippen LogP contribution is -1.99. The average Bonchev–Trinajstić information content (AvgIpc) is 2.64. The maximum Gasteiger partial charge on any atom is 0.0689 e. The molecule has 1 N–H and O–H groups in total. The van der Waals surface area contributed by atoms with Crippen molar-refractivity contribution in [3.63, 3.8) is 0 Å². The zero-order valence-electron chi connectivity index (χ0n) is 9.90. The molecule has 0 saturated carbocycles. The first-order valence-electron chi connectivity index (χ1n) is 5.83. The molecule has 0 aliphatic heterocycles. The third kappa shape index (κ3) is 1.83. The highest BCUT2D eigenvalue weighted by Gasteiger charge is 2.09. The lowest BCUT2D eigenvalue weighted by atomic mass is 10.1. The summed E-state index contributed by atoms with van der Waals surface area (Å²) in [4.78, 5) is 0. The van der Waals surface area contributed by atoms with E-state index >= 15 is 0 Å². The molecule has 0 unspecified atom stereocenters. The molecule has 0 aliphatic carbocycles. The van der Waals surface area contributed by atoms with Gasteiger partial charge in [0.05, 0.1) is 17.8 Å². The highest BCUT2D eigenvalue weighted by Crippen LogP contribution is 2.22. The lowest BCUT2D eigenvalue weighted by Gasteiger charge is -2.03. The van der Waals surface area contributed by atoms with Crippen molar-refractivity contribution in [3.05, 3.63) is 29.5 Å². The number of hydrogen-bond acceptors (Lipinski definition) is 2. The van der Waals surface area contributed by atoms with E-state index in [4.69, 9.17) is 0 Å². The molecule has 0 saturated heterocycles. The van der Waals surface area contributed by atoms with Gasteiger partial charge in [0.2, 0.25) is 0 Å². The Hall–Kier alpha value is -1.35. The third-order valence-corrected chi connectivity index (χ3v) is 2.93. The van der Waals surface area contributed by atoms with E-state index in [1.165, 1.54) is 6.42 Å². The molecule has 0 radical (unpaired) electrons. The molecule has 3 heteroatoms. The van der Waals surface area contributed by atoms with Crippen LogP contribution in [0.2, 0.25) is 0 Å². The Balaban J connectivity index is 2.53. The van der Waals surface area contributed by atoms with Crippen molar-refractivity contribution in [2.24, 2.45) is 0 Å². The van der Waals surface area contributed by atoms with Gasteiger partial charge >= 0.3 is 0 Å². The van der Waals surface area contributed by atoms with Crippen LogP contribution in [0.4, 0.5) is 0 Å². The number of aromatic nitrogens is 2. The maximum absolute atomic E-state index is 9.31. The van der Waals surface area contributed by atoms with Gasteiger partial charge in [0.15, 0.2) is 0 Å². The highest BCUT2D eigenvalue weighted by molar-refractivity contribution is 5.85. The van der Waals surface area contributed by atoms with Crippen LogP contribution in [0, 0.1) is 6.92 Å².